The first kappa shape index (κ1) is 20.5. The number of alkyl halides is 2. The minimum absolute atomic E-state index is 0.0655. The van der Waals surface area contributed by atoms with Crippen LogP contribution in [0.3, 0.4) is 0 Å². The van der Waals surface area contributed by atoms with E-state index in [1.54, 1.807) is 16.9 Å². The lowest BCUT2D eigenvalue weighted by molar-refractivity contribution is -0.0381. The van der Waals surface area contributed by atoms with Gasteiger partial charge in [-0.25, -0.2) is 23.3 Å². The molecule has 5 rings (SSSR count). The van der Waals surface area contributed by atoms with Crippen molar-refractivity contribution < 1.29 is 18.6 Å². The predicted molar refractivity (Wildman–Crippen MR) is 111 cm³/mol. The molecule has 0 amide bonds. The van der Waals surface area contributed by atoms with Crippen LogP contribution in [-0.4, -0.2) is 42.8 Å². The Kier molecular flexibility index (Phi) is 5.44. The molecule has 164 valence electrons. The molecule has 0 unspecified atom stereocenters. The van der Waals surface area contributed by atoms with Crippen LogP contribution >= 0.6 is 0 Å². The van der Waals surface area contributed by atoms with Crippen molar-refractivity contribution in [2.24, 2.45) is 0 Å². The highest BCUT2D eigenvalue weighted by Gasteiger charge is 2.36. The third kappa shape index (κ3) is 4.32. The number of halogens is 2. The van der Waals surface area contributed by atoms with Gasteiger partial charge in [0.1, 0.15) is 6.61 Å². The number of aliphatic hydroxyl groups is 1. The van der Waals surface area contributed by atoms with Gasteiger partial charge in [0, 0.05) is 42.6 Å². The molecule has 2 fully saturated rings. The lowest BCUT2D eigenvalue weighted by Gasteiger charge is -2.27. The maximum atomic E-state index is 13.6. The van der Waals surface area contributed by atoms with Gasteiger partial charge in [-0.1, -0.05) is 0 Å². The van der Waals surface area contributed by atoms with E-state index in [1.807, 2.05) is 24.5 Å². The van der Waals surface area contributed by atoms with Gasteiger partial charge in [-0.2, -0.15) is 5.10 Å². The smallest absolute Gasteiger partial charge is 0.248 e. The first-order valence-electron chi connectivity index (χ1n) is 10.9. The second-order valence-electron chi connectivity index (χ2n) is 8.71. The van der Waals surface area contributed by atoms with Gasteiger partial charge in [0.05, 0.1) is 23.9 Å². The van der Waals surface area contributed by atoms with Gasteiger partial charge >= 0.3 is 0 Å². The number of hydrogen-bond donors (Lipinski definition) is 1. The Labute approximate surface area is 179 Å². The van der Waals surface area contributed by atoms with Crippen LogP contribution in [0.5, 0.6) is 0 Å². The van der Waals surface area contributed by atoms with Crippen LogP contribution in [-0.2, 0) is 11.3 Å². The Morgan fingerprint density at radius 2 is 1.84 bits per heavy atom. The number of aliphatic hydroxyl groups excluding tert-OH is 1. The standard InChI is InChI=1S/C23H26F2N4O2/c24-23(25)7-4-15(5-8-23)18-13-28-29-9-6-16(10-19(18)29)17-11-26-22(27-12-17)14-31-21-3-1-2-20(21)30/h6,9-13,15,20-21,30H,1-5,7-8,14H2/t20-,21-/m0/s1. The number of rotatable bonds is 5. The number of nitrogens with zero attached hydrogens (tertiary/aromatic N) is 4. The van der Waals surface area contributed by atoms with Crippen LogP contribution < -0.4 is 0 Å². The zero-order chi connectivity index (χ0) is 21.4. The van der Waals surface area contributed by atoms with E-state index in [4.69, 9.17) is 4.74 Å². The number of ether oxygens (including phenoxy) is 1. The fourth-order valence-corrected chi connectivity index (χ4v) is 4.71. The molecule has 3 heterocycles. The van der Waals surface area contributed by atoms with E-state index in [-0.39, 0.29) is 31.5 Å². The molecular formula is C23H26F2N4O2. The van der Waals surface area contributed by atoms with Gasteiger partial charge in [0.25, 0.3) is 0 Å². The molecule has 2 atom stereocenters. The van der Waals surface area contributed by atoms with Crippen molar-refractivity contribution in [3.05, 3.63) is 48.3 Å². The zero-order valence-electron chi connectivity index (χ0n) is 17.3. The van der Waals surface area contributed by atoms with Crippen molar-refractivity contribution in [2.75, 3.05) is 0 Å². The van der Waals surface area contributed by atoms with E-state index in [2.05, 4.69) is 15.1 Å². The normalized spacial score (nSPS) is 24.1. The molecule has 2 aliphatic rings. The molecule has 0 aliphatic heterocycles. The minimum atomic E-state index is -2.54. The summed E-state index contributed by atoms with van der Waals surface area (Å²) in [6.07, 6.45) is 10.1. The molecule has 3 aromatic heterocycles. The number of fused-ring (bicyclic) bond motifs is 1. The summed E-state index contributed by atoms with van der Waals surface area (Å²) in [4.78, 5) is 8.83. The molecule has 0 radical (unpaired) electrons. The van der Waals surface area contributed by atoms with E-state index >= 15 is 0 Å². The van der Waals surface area contributed by atoms with Crippen molar-refractivity contribution in [3.8, 4) is 11.1 Å². The lowest BCUT2D eigenvalue weighted by Crippen LogP contribution is -2.23. The van der Waals surface area contributed by atoms with Gasteiger partial charge in [0.2, 0.25) is 5.92 Å². The molecule has 3 aromatic rings. The molecule has 0 bridgehead atoms. The number of pyridine rings is 1. The van der Waals surface area contributed by atoms with Crippen LogP contribution in [0.25, 0.3) is 16.6 Å². The number of aromatic nitrogens is 4. The maximum absolute atomic E-state index is 13.6. The van der Waals surface area contributed by atoms with Crippen molar-refractivity contribution >= 4 is 5.52 Å². The maximum Gasteiger partial charge on any atom is 0.248 e. The quantitative estimate of drug-likeness (QED) is 0.647. The SMILES string of the molecule is O[C@H]1CCC[C@@H]1OCc1ncc(-c2ccn3ncc(C4CCC(F)(F)CC4)c3c2)cn1. The third-order valence-electron chi connectivity index (χ3n) is 6.59. The molecule has 1 N–H and O–H groups in total. The first-order chi connectivity index (χ1) is 15.0. The second-order valence-corrected chi connectivity index (χ2v) is 8.71. The summed E-state index contributed by atoms with van der Waals surface area (Å²) >= 11 is 0. The average molecular weight is 428 g/mol. The molecule has 6 nitrogen and oxygen atoms in total. The highest BCUT2D eigenvalue weighted by Crippen LogP contribution is 2.42. The van der Waals surface area contributed by atoms with E-state index in [1.165, 1.54) is 0 Å². The Hall–Kier alpha value is -2.45. The fraction of sp³-hybridized carbons (Fsp3) is 0.522. The highest BCUT2D eigenvalue weighted by atomic mass is 19.3. The summed E-state index contributed by atoms with van der Waals surface area (Å²) in [5, 5.41) is 14.3. The lowest BCUT2D eigenvalue weighted by atomic mass is 9.82. The van der Waals surface area contributed by atoms with Crippen molar-refractivity contribution in [1.29, 1.82) is 0 Å². The van der Waals surface area contributed by atoms with Gasteiger partial charge in [-0.3, -0.25) is 0 Å². The molecule has 31 heavy (non-hydrogen) atoms. The summed E-state index contributed by atoms with van der Waals surface area (Å²) in [7, 11) is 0. The van der Waals surface area contributed by atoms with Gasteiger partial charge in [-0.05, 0) is 55.7 Å². The average Bonchev–Trinajstić information content (AvgIpc) is 3.38. The monoisotopic (exact) mass is 428 g/mol. The van der Waals surface area contributed by atoms with E-state index in [0.29, 0.717) is 18.7 Å². The van der Waals surface area contributed by atoms with Crippen LogP contribution in [0, 0.1) is 0 Å². The summed E-state index contributed by atoms with van der Waals surface area (Å²) < 4.78 is 34.7. The van der Waals surface area contributed by atoms with Crippen LogP contribution in [0.2, 0.25) is 0 Å². The molecule has 8 heteroatoms. The molecular weight excluding hydrogens is 402 g/mol. The first-order valence-corrected chi connectivity index (χ1v) is 10.9. The van der Waals surface area contributed by atoms with Gasteiger partial charge in [-0.15, -0.1) is 0 Å². The van der Waals surface area contributed by atoms with Crippen molar-refractivity contribution in [2.45, 2.75) is 75.6 Å². The largest absolute Gasteiger partial charge is 0.390 e. The molecule has 2 aliphatic carbocycles. The highest BCUT2D eigenvalue weighted by molar-refractivity contribution is 5.69. The molecule has 2 saturated carbocycles. The Bertz CT molecular complexity index is 1040. The summed E-state index contributed by atoms with van der Waals surface area (Å²) in [6, 6.07) is 3.97. The predicted octanol–water partition coefficient (Wildman–Crippen LogP) is 4.51. The van der Waals surface area contributed by atoms with Crippen molar-refractivity contribution in [1.82, 2.24) is 19.6 Å². The van der Waals surface area contributed by atoms with Gasteiger partial charge < -0.3 is 9.84 Å². The van der Waals surface area contributed by atoms with E-state index < -0.39 is 12.0 Å². The van der Waals surface area contributed by atoms with E-state index in [0.717, 1.165) is 41.5 Å². The molecule has 0 saturated heterocycles. The van der Waals surface area contributed by atoms with E-state index in [9.17, 15) is 13.9 Å². The summed E-state index contributed by atoms with van der Waals surface area (Å²) in [6.45, 7) is 0.278. The van der Waals surface area contributed by atoms with Crippen LogP contribution in [0.1, 0.15) is 62.3 Å². The number of hydrogen-bond acceptors (Lipinski definition) is 5. The summed E-state index contributed by atoms with van der Waals surface area (Å²) in [5.74, 6) is -1.85. The Balaban J connectivity index is 1.32. The third-order valence-corrected chi connectivity index (χ3v) is 6.59. The van der Waals surface area contributed by atoms with Crippen LogP contribution in [0.15, 0.2) is 36.9 Å². The zero-order valence-corrected chi connectivity index (χ0v) is 17.3. The van der Waals surface area contributed by atoms with Gasteiger partial charge in [0.15, 0.2) is 5.82 Å². The second kappa shape index (κ2) is 8.24. The minimum Gasteiger partial charge on any atom is -0.390 e. The fourth-order valence-electron chi connectivity index (χ4n) is 4.71. The van der Waals surface area contributed by atoms with Crippen LogP contribution in [0.4, 0.5) is 8.78 Å². The molecule has 0 spiro atoms. The summed E-state index contributed by atoms with van der Waals surface area (Å²) in [5.41, 5.74) is 3.79. The Morgan fingerprint density at radius 1 is 1.06 bits per heavy atom. The Morgan fingerprint density at radius 3 is 2.55 bits per heavy atom. The topological polar surface area (TPSA) is 72.5 Å². The molecule has 0 aromatic carbocycles. The van der Waals surface area contributed by atoms with Crippen molar-refractivity contribution in [3.63, 3.8) is 0 Å².